The summed E-state index contributed by atoms with van der Waals surface area (Å²) in [6, 6.07) is 9.50. The Morgan fingerprint density at radius 3 is 2.84 bits per heavy atom. The van der Waals surface area contributed by atoms with Crippen molar-refractivity contribution in [2.45, 2.75) is 18.9 Å². The van der Waals surface area contributed by atoms with Crippen molar-refractivity contribution >= 4 is 21.6 Å². The van der Waals surface area contributed by atoms with E-state index in [4.69, 9.17) is 0 Å². The van der Waals surface area contributed by atoms with Gasteiger partial charge in [0.2, 0.25) is 0 Å². The van der Waals surface area contributed by atoms with E-state index < -0.39 is 11.6 Å². The van der Waals surface area contributed by atoms with Crippen LogP contribution in [0.1, 0.15) is 23.6 Å². The lowest BCUT2D eigenvalue weighted by atomic mass is 10.1. The zero-order valence-electron chi connectivity index (χ0n) is 10.1. The van der Waals surface area contributed by atoms with Crippen LogP contribution in [0.25, 0.3) is 0 Å². The molecule has 0 aromatic heterocycles. The molecular weight excluding hydrogens is 312 g/mol. The minimum atomic E-state index is -0.434. The highest BCUT2D eigenvalue weighted by atomic mass is 79.9. The highest BCUT2D eigenvalue weighted by Gasteiger charge is 2.24. The van der Waals surface area contributed by atoms with Crippen LogP contribution in [0.5, 0.6) is 0 Å². The molecule has 0 saturated carbocycles. The average Bonchev–Trinajstić information content (AvgIpc) is 2.79. The quantitative estimate of drug-likeness (QED) is 0.834. The molecule has 0 heterocycles. The van der Waals surface area contributed by atoms with Gasteiger partial charge in [0, 0.05) is 4.47 Å². The Morgan fingerprint density at radius 2 is 2.00 bits per heavy atom. The third-order valence-electron chi connectivity index (χ3n) is 3.47. The van der Waals surface area contributed by atoms with E-state index in [1.54, 1.807) is 0 Å². The van der Waals surface area contributed by atoms with Gasteiger partial charge < -0.3 is 5.32 Å². The maximum Gasteiger partial charge on any atom is 0.146 e. The summed E-state index contributed by atoms with van der Waals surface area (Å²) in [6.45, 7) is 0. The van der Waals surface area contributed by atoms with Crippen LogP contribution in [0.2, 0.25) is 0 Å². The van der Waals surface area contributed by atoms with E-state index in [1.807, 2.05) is 18.2 Å². The fourth-order valence-electron chi connectivity index (χ4n) is 2.56. The first-order chi connectivity index (χ1) is 9.15. The molecule has 2 aromatic rings. The summed E-state index contributed by atoms with van der Waals surface area (Å²) in [4.78, 5) is 0. The molecule has 0 radical (unpaired) electrons. The molecule has 1 N–H and O–H groups in total. The first-order valence-electron chi connectivity index (χ1n) is 6.14. The highest BCUT2D eigenvalue weighted by Crippen LogP contribution is 2.37. The smallest absolute Gasteiger partial charge is 0.146 e. The summed E-state index contributed by atoms with van der Waals surface area (Å²) in [5.74, 6) is -0.860. The predicted octanol–water partition coefficient (Wildman–Crippen LogP) is 4.83. The van der Waals surface area contributed by atoms with Gasteiger partial charge in [-0.25, -0.2) is 8.78 Å². The number of halogens is 3. The molecule has 1 nitrogen and oxygen atoms in total. The van der Waals surface area contributed by atoms with Crippen LogP contribution >= 0.6 is 15.9 Å². The van der Waals surface area contributed by atoms with E-state index >= 15 is 0 Å². The Kier molecular flexibility index (Phi) is 3.27. The molecule has 0 amide bonds. The Morgan fingerprint density at radius 1 is 1.16 bits per heavy atom. The fourth-order valence-corrected chi connectivity index (χ4v) is 3.14. The molecule has 2 aromatic carbocycles. The van der Waals surface area contributed by atoms with Crippen molar-refractivity contribution in [3.63, 3.8) is 0 Å². The number of nitrogens with one attached hydrogen (secondary N) is 1. The molecule has 1 aliphatic carbocycles. The Labute approximate surface area is 118 Å². The van der Waals surface area contributed by atoms with Crippen molar-refractivity contribution in [3.8, 4) is 0 Å². The fraction of sp³-hybridized carbons (Fsp3) is 0.200. The monoisotopic (exact) mass is 323 g/mol. The van der Waals surface area contributed by atoms with E-state index in [1.165, 1.54) is 11.6 Å². The maximum atomic E-state index is 13.6. The van der Waals surface area contributed by atoms with Gasteiger partial charge in [0.15, 0.2) is 0 Å². The van der Waals surface area contributed by atoms with Crippen molar-refractivity contribution in [3.05, 3.63) is 63.6 Å². The minimum absolute atomic E-state index is 0.0313. The van der Waals surface area contributed by atoms with Gasteiger partial charge >= 0.3 is 0 Å². The van der Waals surface area contributed by atoms with Gasteiger partial charge in [-0.15, -0.1) is 0 Å². The Balaban J connectivity index is 1.91. The lowest BCUT2D eigenvalue weighted by molar-refractivity contribution is 0.599. The summed E-state index contributed by atoms with van der Waals surface area (Å²) < 4.78 is 27.9. The van der Waals surface area contributed by atoms with Crippen LogP contribution in [0.15, 0.2) is 40.9 Å². The maximum absolute atomic E-state index is 13.6. The first kappa shape index (κ1) is 12.6. The van der Waals surface area contributed by atoms with Crippen LogP contribution in [-0.4, -0.2) is 0 Å². The summed E-state index contributed by atoms with van der Waals surface area (Å²) in [5.41, 5.74) is 2.62. The van der Waals surface area contributed by atoms with Crippen LogP contribution < -0.4 is 5.32 Å². The second-order valence-corrected chi connectivity index (χ2v) is 5.52. The topological polar surface area (TPSA) is 12.0 Å². The second kappa shape index (κ2) is 4.93. The molecule has 4 heteroatoms. The van der Waals surface area contributed by atoms with Crippen molar-refractivity contribution in [1.82, 2.24) is 0 Å². The molecule has 0 bridgehead atoms. The lowest BCUT2D eigenvalue weighted by Crippen LogP contribution is -2.08. The van der Waals surface area contributed by atoms with Gasteiger partial charge in [-0.2, -0.15) is 0 Å². The van der Waals surface area contributed by atoms with E-state index in [9.17, 15) is 8.78 Å². The lowest BCUT2D eigenvalue weighted by Gasteiger charge is -2.16. The molecule has 0 saturated heterocycles. The molecule has 3 rings (SSSR count). The van der Waals surface area contributed by atoms with Crippen LogP contribution in [0, 0.1) is 11.6 Å². The normalized spacial score (nSPS) is 17.3. The third kappa shape index (κ3) is 2.37. The molecular formula is C15H12BrF2N. The van der Waals surface area contributed by atoms with Gasteiger partial charge in [0.25, 0.3) is 0 Å². The van der Waals surface area contributed by atoms with Crippen molar-refractivity contribution < 1.29 is 8.78 Å². The molecule has 1 aliphatic rings. The van der Waals surface area contributed by atoms with E-state index in [-0.39, 0.29) is 11.7 Å². The second-order valence-electron chi connectivity index (χ2n) is 4.67. The molecule has 0 fully saturated rings. The Bertz CT molecular complexity index is 628. The van der Waals surface area contributed by atoms with Gasteiger partial charge in [-0.05, 0) is 48.2 Å². The highest BCUT2D eigenvalue weighted by molar-refractivity contribution is 9.10. The van der Waals surface area contributed by atoms with E-state index in [0.29, 0.717) is 0 Å². The van der Waals surface area contributed by atoms with Crippen molar-refractivity contribution in [1.29, 1.82) is 0 Å². The number of benzene rings is 2. The molecule has 19 heavy (non-hydrogen) atoms. The number of hydrogen-bond donors (Lipinski definition) is 1. The van der Waals surface area contributed by atoms with Crippen LogP contribution in [-0.2, 0) is 6.42 Å². The zero-order valence-corrected chi connectivity index (χ0v) is 11.7. The van der Waals surface area contributed by atoms with Gasteiger partial charge in [0.05, 0.1) is 11.7 Å². The largest absolute Gasteiger partial charge is 0.376 e. The van der Waals surface area contributed by atoms with Crippen molar-refractivity contribution in [2.24, 2.45) is 0 Å². The third-order valence-corrected chi connectivity index (χ3v) is 4.21. The van der Waals surface area contributed by atoms with Crippen molar-refractivity contribution in [2.75, 3.05) is 5.32 Å². The summed E-state index contributed by atoms with van der Waals surface area (Å²) >= 11 is 3.52. The van der Waals surface area contributed by atoms with Crippen LogP contribution in [0.4, 0.5) is 14.5 Å². The summed E-state index contributed by atoms with van der Waals surface area (Å²) in [5, 5.41) is 3.10. The SMILES string of the molecule is Fc1ccc(F)c(NC2CCc3c(Br)cccc32)c1. The van der Waals surface area contributed by atoms with Gasteiger partial charge in [0.1, 0.15) is 11.6 Å². The minimum Gasteiger partial charge on any atom is -0.376 e. The number of anilines is 1. The number of rotatable bonds is 2. The molecule has 98 valence electrons. The molecule has 1 atom stereocenters. The van der Waals surface area contributed by atoms with E-state index in [0.717, 1.165) is 35.0 Å². The average molecular weight is 324 g/mol. The first-order valence-corrected chi connectivity index (χ1v) is 6.93. The standard InChI is InChI=1S/C15H12BrF2N/c16-12-3-1-2-11-10(12)5-7-14(11)19-15-8-9(17)4-6-13(15)18/h1-4,6,8,14,19H,5,7H2. The summed E-state index contributed by atoms with van der Waals surface area (Å²) in [6.07, 6.45) is 1.82. The van der Waals surface area contributed by atoms with Crippen LogP contribution in [0.3, 0.4) is 0 Å². The molecule has 0 aliphatic heterocycles. The van der Waals surface area contributed by atoms with Gasteiger partial charge in [-0.1, -0.05) is 28.1 Å². The van der Waals surface area contributed by atoms with Gasteiger partial charge in [-0.3, -0.25) is 0 Å². The molecule has 1 unspecified atom stereocenters. The molecule has 0 spiro atoms. The van der Waals surface area contributed by atoms with E-state index in [2.05, 4.69) is 21.2 Å². The number of fused-ring (bicyclic) bond motifs is 1. The Hall–Kier alpha value is -1.42. The predicted molar refractivity (Wildman–Crippen MR) is 75.2 cm³/mol. The number of hydrogen-bond acceptors (Lipinski definition) is 1. The summed E-state index contributed by atoms with van der Waals surface area (Å²) in [7, 11) is 0. The zero-order chi connectivity index (χ0) is 13.4.